The zero-order valence-corrected chi connectivity index (χ0v) is 9.61. The van der Waals surface area contributed by atoms with E-state index in [4.69, 9.17) is 11.6 Å². The zero-order valence-electron chi connectivity index (χ0n) is 8.85. The first kappa shape index (κ1) is 13.2. The van der Waals surface area contributed by atoms with Crippen LogP contribution >= 0.6 is 11.6 Å². The lowest BCUT2D eigenvalue weighted by atomic mass is 10.1. The van der Waals surface area contributed by atoms with Gasteiger partial charge in [-0.15, -0.1) is 0 Å². The smallest absolute Gasteiger partial charge is 0.202 e. The van der Waals surface area contributed by atoms with Crippen LogP contribution in [0.4, 0.5) is 8.78 Å². The van der Waals surface area contributed by atoms with Crippen LogP contribution in [0.15, 0.2) is 6.07 Å². The highest BCUT2D eigenvalue weighted by Gasteiger charge is 2.22. The molecule has 6 heteroatoms. The largest absolute Gasteiger partial charge is 0.492 e. The molecule has 0 bridgehead atoms. The van der Waals surface area contributed by atoms with Crippen molar-refractivity contribution in [2.24, 2.45) is 0 Å². The van der Waals surface area contributed by atoms with Crippen molar-refractivity contribution in [1.29, 1.82) is 0 Å². The van der Waals surface area contributed by atoms with Gasteiger partial charge >= 0.3 is 0 Å². The monoisotopic (exact) mass is 251 g/mol. The number of rotatable bonds is 4. The Morgan fingerprint density at radius 2 is 2.12 bits per heavy atom. The first-order valence-electron chi connectivity index (χ1n) is 4.57. The van der Waals surface area contributed by atoms with Crippen LogP contribution in [0, 0.1) is 11.6 Å². The molecular formula is C10H12ClF2NO2. The summed E-state index contributed by atoms with van der Waals surface area (Å²) >= 11 is 5.69. The zero-order chi connectivity index (χ0) is 12.3. The van der Waals surface area contributed by atoms with Gasteiger partial charge in [0.1, 0.15) is 0 Å². The molecular weight excluding hydrogens is 240 g/mol. The number of benzene rings is 1. The van der Waals surface area contributed by atoms with E-state index in [1.807, 2.05) is 0 Å². The Morgan fingerprint density at radius 3 is 2.62 bits per heavy atom. The van der Waals surface area contributed by atoms with Gasteiger partial charge in [-0.05, 0) is 13.1 Å². The van der Waals surface area contributed by atoms with Gasteiger partial charge in [0, 0.05) is 12.1 Å². The Balaban J connectivity index is 3.22. The fourth-order valence-corrected chi connectivity index (χ4v) is 1.61. The van der Waals surface area contributed by atoms with Gasteiger partial charge < -0.3 is 15.2 Å². The second-order valence-corrected chi connectivity index (χ2v) is 3.59. The van der Waals surface area contributed by atoms with Gasteiger partial charge in [-0.3, -0.25) is 0 Å². The van der Waals surface area contributed by atoms with Crippen molar-refractivity contribution in [1.82, 2.24) is 5.32 Å². The number of halogens is 3. The van der Waals surface area contributed by atoms with Crippen LogP contribution in [0.25, 0.3) is 0 Å². The summed E-state index contributed by atoms with van der Waals surface area (Å²) in [5.74, 6) is -2.70. The second-order valence-electron chi connectivity index (χ2n) is 3.18. The van der Waals surface area contributed by atoms with E-state index in [0.717, 1.165) is 6.07 Å². The minimum Gasteiger partial charge on any atom is -0.492 e. The molecule has 0 aromatic heterocycles. The summed E-state index contributed by atoms with van der Waals surface area (Å²) in [6.07, 6.45) is -1.16. The normalized spacial score (nSPS) is 12.6. The number of methoxy groups -OCH3 is 1. The summed E-state index contributed by atoms with van der Waals surface area (Å²) < 4.78 is 31.5. The van der Waals surface area contributed by atoms with Crippen molar-refractivity contribution in [2.45, 2.75) is 6.10 Å². The van der Waals surface area contributed by atoms with Crippen LogP contribution in [0.1, 0.15) is 11.7 Å². The molecule has 0 amide bonds. The summed E-state index contributed by atoms with van der Waals surface area (Å²) in [5.41, 5.74) is -0.197. The van der Waals surface area contributed by atoms with Crippen molar-refractivity contribution in [3.05, 3.63) is 28.3 Å². The summed E-state index contributed by atoms with van der Waals surface area (Å²) in [4.78, 5) is 0. The van der Waals surface area contributed by atoms with Crippen molar-refractivity contribution >= 4 is 11.6 Å². The molecule has 0 saturated heterocycles. The molecule has 16 heavy (non-hydrogen) atoms. The number of aliphatic hydroxyl groups excluding tert-OH is 1. The first-order chi connectivity index (χ1) is 7.52. The van der Waals surface area contributed by atoms with E-state index in [0.29, 0.717) is 0 Å². The lowest BCUT2D eigenvalue weighted by Gasteiger charge is -2.14. The number of nitrogens with one attached hydrogen (secondary N) is 1. The molecule has 1 atom stereocenters. The summed E-state index contributed by atoms with van der Waals surface area (Å²) in [6, 6.07) is 1.15. The van der Waals surface area contributed by atoms with Gasteiger partial charge in [-0.1, -0.05) is 11.6 Å². The van der Waals surface area contributed by atoms with Gasteiger partial charge in [-0.25, -0.2) is 4.39 Å². The van der Waals surface area contributed by atoms with Crippen LogP contribution in [0.5, 0.6) is 5.75 Å². The van der Waals surface area contributed by atoms with Crippen LogP contribution in [-0.2, 0) is 0 Å². The fraction of sp³-hybridized carbons (Fsp3) is 0.400. The fourth-order valence-electron chi connectivity index (χ4n) is 1.33. The summed E-state index contributed by atoms with van der Waals surface area (Å²) in [5, 5.41) is 12.1. The topological polar surface area (TPSA) is 41.5 Å². The number of hydrogen-bond donors (Lipinski definition) is 2. The number of hydrogen-bond acceptors (Lipinski definition) is 3. The Kier molecular flexibility index (Phi) is 4.46. The Hall–Kier alpha value is -0.910. The maximum atomic E-state index is 13.5. The highest BCUT2D eigenvalue weighted by Crippen LogP contribution is 2.33. The van der Waals surface area contributed by atoms with Crippen molar-refractivity contribution in [3.63, 3.8) is 0 Å². The number of ether oxygens (including phenoxy) is 1. The number of likely N-dealkylation sites (N-methyl/N-ethyl adjacent to an activating group) is 1. The Bertz CT molecular complexity index is 388. The SMILES string of the molecule is CNCC(O)c1cc(Cl)c(OC)c(F)c1F. The molecule has 0 aliphatic carbocycles. The third kappa shape index (κ3) is 2.42. The second kappa shape index (κ2) is 5.43. The van der Waals surface area contributed by atoms with Crippen molar-refractivity contribution < 1.29 is 18.6 Å². The van der Waals surface area contributed by atoms with Crippen LogP contribution < -0.4 is 10.1 Å². The van der Waals surface area contributed by atoms with Crippen molar-refractivity contribution in [2.75, 3.05) is 20.7 Å². The molecule has 2 N–H and O–H groups in total. The standard InChI is InChI=1S/C10H12ClF2NO2/c1-14-4-7(15)5-3-6(11)10(16-2)9(13)8(5)12/h3,7,14-15H,4H2,1-2H3. The highest BCUT2D eigenvalue weighted by atomic mass is 35.5. The summed E-state index contributed by atoms with van der Waals surface area (Å²) in [7, 11) is 2.77. The molecule has 0 aliphatic heterocycles. The predicted octanol–water partition coefficient (Wildman–Crippen LogP) is 1.88. The van der Waals surface area contributed by atoms with E-state index in [2.05, 4.69) is 10.1 Å². The minimum absolute atomic E-state index is 0.0773. The molecule has 3 nitrogen and oxygen atoms in total. The minimum atomic E-state index is -1.19. The lowest BCUT2D eigenvalue weighted by molar-refractivity contribution is 0.171. The van der Waals surface area contributed by atoms with Gasteiger partial charge in [0.2, 0.25) is 5.82 Å². The molecule has 0 spiro atoms. The van der Waals surface area contributed by atoms with Crippen LogP contribution in [0.2, 0.25) is 5.02 Å². The molecule has 1 aromatic carbocycles. The molecule has 1 aromatic rings. The third-order valence-electron chi connectivity index (χ3n) is 2.11. The Labute approximate surface area is 97.0 Å². The van der Waals surface area contributed by atoms with Gasteiger partial charge in [0.25, 0.3) is 0 Å². The van der Waals surface area contributed by atoms with E-state index in [9.17, 15) is 13.9 Å². The van der Waals surface area contributed by atoms with Gasteiger partial charge in [-0.2, -0.15) is 4.39 Å². The van der Waals surface area contributed by atoms with Gasteiger partial charge in [0.05, 0.1) is 18.2 Å². The van der Waals surface area contributed by atoms with E-state index in [-0.39, 0.29) is 22.9 Å². The van der Waals surface area contributed by atoms with Gasteiger partial charge in [0.15, 0.2) is 11.6 Å². The van der Waals surface area contributed by atoms with E-state index in [1.54, 1.807) is 7.05 Å². The Morgan fingerprint density at radius 1 is 1.50 bits per heavy atom. The quantitative estimate of drug-likeness (QED) is 0.803. The van der Waals surface area contributed by atoms with E-state index < -0.39 is 17.7 Å². The average Bonchev–Trinajstić information content (AvgIpc) is 2.24. The van der Waals surface area contributed by atoms with Crippen LogP contribution in [-0.4, -0.2) is 25.8 Å². The highest BCUT2D eigenvalue weighted by molar-refractivity contribution is 6.32. The molecule has 0 saturated carbocycles. The maximum absolute atomic E-state index is 13.5. The lowest BCUT2D eigenvalue weighted by Crippen LogP contribution is -2.18. The number of aliphatic hydroxyl groups is 1. The first-order valence-corrected chi connectivity index (χ1v) is 4.94. The maximum Gasteiger partial charge on any atom is 0.202 e. The van der Waals surface area contributed by atoms with Crippen LogP contribution in [0.3, 0.4) is 0 Å². The average molecular weight is 252 g/mol. The molecule has 0 aliphatic rings. The van der Waals surface area contributed by atoms with E-state index in [1.165, 1.54) is 7.11 Å². The molecule has 0 heterocycles. The molecule has 0 radical (unpaired) electrons. The molecule has 0 fully saturated rings. The third-order valence-corrected chi connectivity index (χ3v) is 2.39. The van der Waals surface area contributed by atoms with Crippen molar-refractivity contribution in [3.8, 4) is 5.75 Å². The molecule has 1 rings (SSSR count). The van der Waals surface area contributed by atoms with E-state index >= 15 is 0 Å². The predicted molar refractivity (Wildman–Crippen MR) is 56.8 cm³/mol. The molecule has 1 unspecified atom stereocenters. The molecule has 90 valence electrons. The summed E-state index contributed by atoms with van der Waals surface area (Å²) in [6.45, 7) is 0.0962.